The average Bonchev–Trinajstić information content (AvgIpc) is 3.08. The van der Waals surface area contributed by atoms with Crippen LogP contribution in [0.1, 0.15) is 31.4 Å². The zero-order valence-corrected chi connectivity index (χ0v) is 13.4. The van der Waals surface area contributed by atoms with E-state index in [9.17, 15) is 4.79 Å². The number of hydrogen-bond donors (Lipinski definition) is 1. The van der Waals surface area contributed by atoms with Crippen LogP contribution >= 0.6 is 22.9 Å². The number of nitrogens with one attached hydrogen (secondary N) is 1. The van der Waals surface area contributed by atoms with Crippen LogP contribution in [0.5, 0.6) is 0 Å². The van der Waals surface area contributed by atoms with E-state index in [0.29, 0.717) is 6.42 Å². The molecule has 2 aromatic rings. The van der Waals surface area contributed by atoms with E-state index in [1.807, 2.05) is 35.2 Å². The minimum atomic E-state index is 0.179. The Hall–Kier alpha value is -1.52. The molecule has 0 bridgehead atoms. The molecule has 0 spiro atoms. The second-order valence-electron chi connectivity index (χ2n) is 5.25. The molecule has 3 rings (SSSR count). The molecule has 1 aliphatic rings. The number of anilines is 2. The quantitative estimate of drug-likeness (QED) is 0.885. The molecular weight excluding hydrogens is 304 g/mol. The molecule has 1 amide bonds. The smallest absolute Gasteiger partial charge is 0.227 e. The lowest BCUT2D eigenvalue weighted by atomic mass is 10.1. The summed E-state index contributed by atoms with van der Waals surface area (Å²) in [6.07, 6.45) is 1.60. The molecule has 1 N–H and O–H groups in total. The molecule has 0 saturated carbocycles. The molecule has 1 unspecified atom stereocenters. The zero-order valence-electron chi connectivity index (χ0n) is 11.8. The topological polar surface area (TPSA) is 32.3 Å². The number of halogens is 1. The molecule has 1 saturated heterocycles. The number of nitrogens with zero attached hydrogens (tertiary/aromatic N) is 1. The van der Waals surface area contributed by atoms with Crippen molar-refractivity contribution in [2.45, 2.75) is 25.8 Å². The Labute approximate surface area is 133 Å². The lowest BCUT2D eigenvalue weighted by Crippen LogP contribution is -2.23. The van der Waals surface area contributed by atoms with Crippen LogP contribution in [0.2, 0.25) is 4.34 Å². The van der Waals surface area contributed by atoms with Crippen molar-refractivity contribution in [3.05, 3.63) is 45.6 Å². The van der Waals surface area contributed by atoms with Crippen LogP contribution in [0.25, 0.3) is 0 Å². The molecule has 1 aromatic carbocycles. The van der Waals surface area contributed by atoms with Crippen molar-refractivity contribution < 1.29 is 4.79 Å². The van der Waals surface area contributed by atoms with Gasteiger partial charge >= 0.3 is 0 Å². The van der Waals surface area contributed by atoms with E-state index < -0.39 is 0 Å². The summed E-state index contributed by atoms with van der Waals surface area (Å²) in [4.78, 5) is 13.7. The molecule has 2 heterocycles. The number of amides is 1. The Morgan fingerprint density at radius 3 is 2.90 bits per heavy atom. The van der Waals surface area contributed by atoms with Gasteiger partial charge in [0, 0.05) is 30.4 Å². The molecule has 1 fully saturated rings. The first-order valence-corrected chi connectivity index (χ1v) is 8.30. The third kappa shape index (κ3) is 3.22. The second-order valence-corrected chi connectivity index (χ2v) is 6.79. The van der Waals surface area contributed by atoms with Crippen LogP contribution in [0.4, 0.5) is 11.4 Å². The number of rotatable bonds is 4. The summed E-state index contributed by atoms with van der Waals surface area (Å²) >= 11 is 7.52. The predicted molar refractivity (Wildman–Crippen MR) is 89.4 cm³/mol. The van der Waals surface area contributed by atoms with Crippen LogP contribution in [0, 0.1) is 0 Å². The standard InChI is InChI=1S/C16H17ClN2OS/c1-11(12-8-15(17)21-10-12)18-13-4-2-5-14(9-13)19-7-3-6-16(19)20/h2,4-5,8-11,18H,3,6-7H2,1H3. The maximum Gasteiger partial charge on any atom is 0.227 e. The van der Waals surface area contributed by atoms with Gasteiger partial charge in [-0.2, -0.15) is 0 Å². The number of hydrogen-bond acceptors (Lipinski definition) is 3. The summed E-state index contributed by atoms with van der Waals surface area (Å²) in [6, 6.07) is 10.2. The summed E-state index contributed by atoms with van der Waals surface area (Å²) in [7, 11) is 0. The SMILES string of the molecule is CC(Nc1cccc(N2CCCC2=O)c1)c1csc(Cl)c1. The fourth-order valence-corrected chi connectivity index (χ4v) is 3.55. The minimum Gasteiger partial charge on any atom is -0.378 e. The Kier molecular flexibility index (Phi) is 4.17. The maximum absolute atomic E-state index is 11.8. The summed E-state index contributed by atoms with van der Waals surface area (Å²) in [6.45, 7) is 2.92. The highest BCUT2D eigenvalue weighted by Gasteiger charge is 2.21. The van der Waals surface area contributed by atoms with Gasteiger partial charge in [0.2, 0.25) is 5.91 Å². The highest BCUT2D eigenvalue weighted by atomic mass is 35.5. The fourth-order valence-electron chi connectivity index (χ4n) is 2.57. The molecule has 0 radical (unpaired) electrons. The number of carbonyl (C=O) groups is 1. The van der Waals surface area contributed by atoms with Crippen LogP contribution in [-0.2, 0) is 4.79 Å². The molecular formula is C16H17ClN2OS. The Morgan fingerprint density at radius 2 is 2.24 bits per heavy atom. The Morgan fingerprint density at radius 1 is 1.38 bits per heavy atom. The monoisotopic (exact) mass is 320 g/mol. The van der Waals surface area contributed by atoms with Crippen molar-refractivity contribution in [1.29, 1.82) is 0 Å². The van der Waals surface area contributed by atoms with Crippen LogP contribution in [0.3, 0.4) is 0 Å². The molecule has 21 heavy (non-hydrogen) atoms. The van der Waals surface area contributed by atoms with Gasteiger partial charge in [-0.1, -0.05) is 17.7 Å². The average molecular weight is 321 g/mol. The minimum absolute atomic E-state index is 0.179. The van der Waals surface area contributed by atoms with Gasteiger partial charge in [0.05, 0.1) is 4.34 Å². The van der Waals surface area contributed by atoms with Gasteiger partial charge < -0.3 is 10.2 Å². The maximum atomic E-state index is 11.8. The van der Waals surface area contributed by atoms with Gasteiger partial charge in [0.15, 0.2) is 0 Å². The van der Waals surface area contributed by atoms with E-state index in [1.54, 1.807) is 0 Å². The lowest BCUT2D eigenvalue weighted by molar-refractivity contribution is -0.117. The van der Waals surface area contributed by atoms with E-state index in [0.717, 1.165) is 28.7 Å². The first kappa shape index (κ1) is 14.4. The molecule has 1 aromatic heterocycles. The number of benzene rings is 1. The first-order valence-electron chi connectivity index (χ1n) is 7.04. The third-order valence-electron chi connectivity index (χ3n) is 3.70. The largest absolute Gasteiger partial charge is 0.378 e. The molecule has 5 heteroatoms. The van der Waals surface area contributed by atoms with Crippen LogP contribution in [0.15, 0.2) is 35.7 Å². The van der Waals surface area contributed by atoms with E-state index in [1.165, 1.54) is 16.9 Å². The first-order chi connectivity index (χ1) is 10.1. The van der Waals surface area contributed by atoms with E-state index in [-0.39, 0.29) is 11.9 Å². The van der Waals surface area contributed by atoms with Crippen molar-refractivity contribution in [3.8, 4) is 0 Å². The van der Waals surface area contributed by atoms with E-state index in [2.05, 4.69) is 17.6 Å². The molecule has 110 valence electrons. The van der Waals surface area contributed by atoms with Crippen molar-refractivity contribution in [2.24, 2.45) is 0 Å². The summed E-state index contributed by atoms with van der Waals surface area (Å²) < 4.78 is 0.801. The van der Waals surface area contributed by atoms with Crippen molar-refractivity contribution >= 4 is 40.2 Å². The van der Waals surface area contributed by atoms with Gasteiger partial charge in [-0.15, -0.1) is 11.3 Å². The highest BCUT2D eigenvalue weighted by Crippen LogP contribution is 2.29. The van der Waals surface area contributed by atoms with E-state index in [4.69, 9.17) is 11.6 Å². The number of thiophene rings is 1. The van der Waals surface area contributed by atoms with Crippen molar-refractivity contribution in [2.75, 3.05) is 16.8 Å². The van der Waals surface area contributed by atoms with Gasteiger partial charge in [0.25, 0.3) is 0 Å². The number of carbonyl (C=O) groups excluding carboxylic acids is 1. The Balaban J connectivity index is 1.75. The van der Waals surface area contributed by atoms with Crippen molar-refractivity contribution in [3.63, 3.8) is 0 Å². The van der Waals surface area contributed by atoms with E-state index >= 15 is 0 Å². The lowest BCUT2D eigenvalue weighted by Gasteiger charge is -2.19. The third-order valence-corrected chi connectivity index (χ3v) is 4.81. The molecule has 3 nitrogen and oxygen atoms in total. The van der Waals surface area contributed by atoms with Gasteiger partial charge in [0.1, 0.15) is 0 Å². The van der Waals surface area contributed by atoms with Gasteiger partial charge in [-0.25, -0.2) is 0 Å². The molecule has 1 aliphatic heterocycles. The summed E-state index contributed by atoms with van der Waals surface area (Å²) in [5.74, 6) is 0.213. The van der Waals surface area contributed by atoms with Gasteiger partial charge in [-0.05, 0) is 48.6 Å². The molecule has 0 aliphatic carbocycles. The Bertz CT molecular complexity index is 655. The van der Waals surface area contributed by atoms with Gasteiger partial charge in [-0.3, -0.25) is 4.79 Å². The van der Waals surface area contributed by atoms with Crippen LogP contribution < -0.4 is 10.2 Å². The van der Waals surface area contributed by atoms with Crippen molar-refractivity contribution in [1.82, 2.24) is 0 Å². The van der Waals surface area contributed by atoms with Crippen LogP contribution in [-0.4, -0.2) is 12.5 Å². The highest BCUT2D eigenvalue weighted by molar-refractivity contribution is 7.14. The second kappa shape index (κ2) is 6.08. The summed E-state index contributed by atoms with van der Waals surface area (Å²) in [5, 5.41) is 5.52. The predicted octanol–water partition coefficient (Wildman–Crippen LogP) is 4.70. The zero-order chi connectivity index (χ0) is 14.8. The molecule has 1 atom stereocenters. The summed E-state index contributed by atoms with van der Waals surface area (Å²) in [5.41, 5.74) is 3.16. The normalized spacial score (nSPS) is 16.3. The fraction of sp³-hybridized carbons (Fsp3) is 0.312.